The van der Waals surface area contributed by atoms with Gasteiger partial charge in [-0.15, -0.1) is 0 Å². The van der Waals surface area contributed by atoms with Crippen molar-refractivity contribution in [1.82, 2.24) is 5.32 Å². The lowest BCUT2D eigenvalue weighted by atomic mass is 10.0. The van der Waals surface area contributed by atoms with Crippen LogP contribution in [0.2, 0.25) is 5.02 Å². The quantitative estimate of drug-likeness (QED) is 0.872. The Hall–Kier alpha value is -2.20. The highest BCUT2D eigenvalue weighted by Gasteiger charge is 2.16. The lowest BCUT2D eigenvalue weighted by Gasteiger charge is -2.14. The molecule has 0 bridgehead atoms. The number of hydrogen-bond acceptors (Lipinski definition) is 3. The highest BCUT2D eigenvalue weighted by molar-refractivity contribution is 6.32. The first-order valence-corrected chi connectivity index (χ1v) is 7.69. The van der Waals surface area contributed by atoms with Gasteiger partial charge in [0.1, 0.15) is 0 Å². The third-order valence-electron chi connectivity index (χ3n) is 3.63. The molecule has 0 aliphatic carbocycles. The van der Waals surface area contributed by atoms with E-state index < -0.39 is 0 Å². The summed E-state index contributed by atoms with van der Waals surface area (Å²) >= 11 is 6.13. The Kier molecular flexibility index (Phi) is 5.88. The molecule has 0 radical (unpaired) electrons. The monoisotopic (exact) mass is 333 g/mol. The van der Waals surface area contributed by atoms with Crippen LogP contribution in [0.1, 0.15) is 28.8 Å². The van der Waals surface area contributed by atoms with E-state index in [-0.39, 0.29) is 11.8 Å². The van der Waals surface area contributed by atoms with Crippen molar-refractivity contribution >= 4 is 17.5 Å². The second kappa shape index (κ2) is 7.88. The van der Waals surface area contributed by atoms with Crippen LogP contribution in [0, 0.1) is 0 Å². The number of rotatable bonds is 6. The molecule has 0 saturated carbocycles. The Morgan fingerprint density at radius 1 is 1.17 bits per heavy atom. The minimum atomic E-state index is -0.198. The van der Waals surface area contributed by atoms with Crippen LogP contribution in [0.15, 0.2) is 42.5 Å². The van der Waals surface area contributed by atoms with Gasteiger partial charge in [-0.1, -0.05) is 48.9 Å². The first-order valence-electron chi connectivity index (χ1n) is 7.31. The number of carbonyl (C=O) groups is 1. The Morgan fingerprint density at radius 3 is 2.48 bits per heavy atom. The molecule has 4 nitrogen and oxygen atoms in total. The number of amides is 1. The molecule has 1 atom stereocenters. The topological polar surface area (TPSA) is 47.6 Å². The van der Waals surface area contributed by atoms with E-state index in [1.165, 1.54) is 19.8 Å². The van der Waals surface area contributed by atoms with Gasteiger partial charge in [-0.05, 0) is 23.6 Å². The largest absolute Gasteiger partial charge is 0.493 e. The molecule has 1 N–H and O–H groups in total. The van der Waals surface area contributed by atoms with Crippen molar-refractivity contribution in [3.8, 4) is 11.5 Å². The van der Waals surface area contributed by atoms with Crippen molar-refractivity contribution in [2.75, 3.05) is 20.8 Å². The summed E-state index contributed by atoms with van der Waals surface area (Å²) in [5.41, 5.74) is 1.62. The van der Waals surface area contributed by atoms with Gasteiger partial charge in [0.05, 0.1) is 19.2 Å². The predicted octanol–water partition coefficient (Wildman–Crippen LogP) is 3.89. The van der Waals surface area contributed by atoms with Crippen molar-refractivity contribution in [3.05, 3.63) is 58.6 Å². The normalized spacial score (nSPS) is 11.7. The van der Waals surface area contributed by atoms with Crippen LogP contribution in [0.4, 0.5) is 0 Å². The van der Waals surface area contributed by atoms with Gasteiger partial charge in [-0.3, -0.25) is 4.79 Å². The molecule has 0 spiro atoms. The number of carbonyl (C=O) groups excluding carboxylic acids is 1. The maximum atomic E-state index is 12.3. The minimum Gasteiger partial charge on any atom is -0.493 e. The molecule has 2 aromatic rings. The lowest BCUT2D eigenvalue weighted by Crippen LogP contribution is -2.27. The molecule has 0 aliphatic rings. The van der Waals surface area contributed by atoms with Crippen molar-refractivity contribution < 1.29 is 14.3 Å². The number of nitrogens with one attached hydrogen (secondary N) is 1. The van der Waals surface area contributed by atoms with Crippen LogP contribution < -0.4 is 14.8 Å². The number of hydrogen-bond donors (Lipinski definition) is 1. The summed E-state index contributed by atoms with van der Waals surface area (Å²) in [7, 11) is 3.01. The summed E-state index contributed by atoms with van der Waals surface area (Å²) in [5, 5.41) is 3.26. The fraction of sp³-hybridized carbons (Fsp3) is 0.278. The Bertz CT molecular complexity index is 673. The molecule has 0 saturated heterocycles. The number of ether oxygens (including phenoxy) is 2. The molecule has 0 heterocycles. The minimum absolute atomic E-state index is 0.198. The molecule has 23 heavy (non-hydrogen) atoms. The highest BCUT2D eigenvalue weighted by atomic mass is 35.5. The molecule has 0 aliphatic heterocycles. The molecule has 2 rings (SSSR count). The Balaban J connectivity index is 2.08. The van der Waals surface area contributed by atoms with E-state index in [2.05, 4.69) is 12.2 Å². The summed E-state index contributed by atoms with van der Waals surface area (Å²) in [5.74, 6) is 0.871. The number of methoxy groups -OCH3 is 2. The Morgan fingerprint density at radius 2 is 1.87 bits per heavy atom. The van der Waals surface area contributed by atoms with Gasteiger partial charge in [-0.25, -0.2) is 0 Å². The molecule has 1 unspecified atom stereocenters. The van der Waals surface area contributed by atoms with Gasteiger partial charge in [0.25, 0.3) is 5.91 Å². The van der Waals surface area contributed by atoms with Crippen molar-refractivity contribution in [2.45, 2.75) is 12.8 Å². The smallest absolute Gasteiger partial charge is 0.251 e. The van der Waals surface area contributed by atoms with E-state index in [1.807, 2.05) is 30.3 Å². The summed E-state index contributed by atoms with van der Waals surface area (Å²) in [6.07, 6.45) is 0. The van der Waals surface area contributed by atoms with E-state index in [4.69, 9.17) is 21.1 Å². The van der Waals surface area contributed by atoms with Crippen LogP contribution in [-0.2, 0) is 0 Å². The lowest BCUT2D eigenvalue weighted by molar-refractivity contribution is 0.0951. The standard InChI is InChI=1S/C18H20ClNO3/c1-12(13-7-5-4-6-8-13)11-20-18(21)14-9-15(19)17(23-3)16(10-14)22-2/h4-10,12H,11H2,1-3H3,(H,20,21). The van der Waals surface area contributed by atoms with E-state index in [1.54, 1.807) is 12.1 Å². The maximum absolute atomic E-state index is 12.3. The second-order valence-corrected chi connectivity index (χ2v) is 5.62. The van der Waals surface area contributed by atoms with E-state index in [9.17, 15) is 4.79 Å². The zero-order valence-corrected chi connectivity index (χ0v) is 14.2. The first kappa shape index (κ1) is 17.2. The third kappa shape index (κ3) is 4.17. The van der Waals surface area contributed by atoms with Gasteiger partial charge in [0.2, 0.25) is 0 Å². The molecule has 122 valence electrons. The van der Waals surface area contributed by atoms with Crippen LogP contribution in [0.25, 0.3) is 0 Å². The van der Waals surface area contributed by atoms with Crippen molar-refractivity contribution in [2.24, 2.45) is 0 Å². The van der Waals surface area contributed by atoms with E-state index >= 15 is 0 Å². The van der Waals surface area contributed by atoms with Crippen LogP contribution in [-0.4, -0.2) is 26.7 Å². The van der Waals surface area contributed by atoms with Crippen LogP contribution >= 0.6 is 11.6 Å². The van der Waals surface area contributed by atoms with Crippen LogP contribution in [0.3, 0.4) is 0 Å². The zero-order valence-electron chi connectivity index (χ0n) is 13.4. The maximum Gasteiger partial charge on any atom is 0.251 e. The molecule has 0 fully saturated rings. The highest BCUT2D eigenvalue weighted by Crippen LogP contribution is 2.35. The summed E-state index contributed by atoms with van der Waals surface area (Å²) in [4.78, 5) is 12.3. The molecular weight excluding hydrogens is 314 g/mol. The summed E-state index contributed by atoms with van der Waals surface area (Å²) < 4.78 is 10.4. The third-order valence-corrected chi connectivity index (χ3v) is 3.91. The predicted molar refractivity (Wildman–Crippen MR) is 91.7 cm³/mol. The van der Waals surface area contributed by atoms with Gasteiger partial charge >= 0.3 is 0 Å². The molecule has 5 heteroatoms. The fourth-order valence-corrected chi connectivity index (χ4v) is 2.58. The molecule has 2 aromatic carbocycles. The molecule has 1 amide bonds. The average Bonchev–Trinajstić information content (AvgIpc) is 2.59. The second-order valence-electron chi connectivity index (χ2n) is 5.22. The van der Waals surface area contributed by atoms with Crippen molar-refractivity contribution in [3.63, 3.8) is 0 Å². The average molecular weight is 334 g/mol. The van der Waals surface area contributed by atoms with E-state index in [0.717, 1.165) is 0 Å². The van der Waals surface area contributed by atoms with Gasteiger partial charge in [0.15, 0.2) is 11.5 Å². The van der Waals surface area contributed by atoms with Gasteiger partial charge in [-0.2, -0.15) is 0 Å². The summed E-state index contributed by atoms with van der Waals surface area (Å²) in [6.45, 7) is 2.60. The van der Waals surface area contributed by atoms with Gasteiger partial charge < -0.3 is 14.8 Å². The number of halogens is 1. The Labute approximate surface area is 141 Å². The fourth-order valence-electron chi connectivity index (χ4n) is 2.30. The van der Waals surface area contributed by atoms with Gasteiger partial charge in [0, 0.05) is 12.1 Å². The van der Waals surface area contributed by atoms with Crippen molar-refractivity contribution in [1.29, 1.82) is 0 Å². The SMILES string of the molecule is COc1cc(C(=O)NCC(C)c2ccccc2)cc(Cl)c1OC. The van der Waals surface area contributed by atoms with E-state index in [0.29, 0.717) is 28.6 Å². The number of benzene rings is 2. The first-order chi connectivity index (χ1) is 11.1. The molecule has 0 aromatic heterocycles. The molecular formula is C18H20ClNO3. The zero-order chi connectivity index (χ0) is 16.8. The summed E-state index contributed by atoms with van der Waals surface area (Å²) in [6, 6.07) is 13.2. The van der Waals surface area contributed by atoms with Crippen LogP contribution in [0.5, 0.6) is 11.5 Å².